The van der Waals surface area contributed by atoms with Crippen molar-refractivity contribution in [2.45, 2.75) is 13.5 Å². The summed E-state index contributed by atoms with van der Waals surface area (Å²) in [5, 5.41) is 23.3. The Morgan fingerprint density at radius 3 is 2.59 bits per heavy atom. The molecule has 9 heteroatoms. The Labute approximate surface area is 204 Å². The van der Waals surface area contributed by atoms with Gasteiger partial charge in [0.25, 0.3) is 11.6 Å². The third kappa shape index (κ3) is 5.99. The maximum absolute atomic E-state index is 12.8. The smallest absolute Gasteiger partial charge is 0.271 e. The van der Waals surface area contributed by atoms with Gasteiger partial charge in [0, 0.05) is 22.2 Å². The number of benzene rings is 3. The van der Waals surface area contributed by atoms with E-state index < -0.39 is 10.8 Å². The van der Waals surface area contributed by atoms with Gasteiger partial charge in [0.15, 0.2) is 11.5 Å². The maximum atomic E-state index is 12.8. The molecule has 1 N–H and O–H groups in total. The van der Waals surface area contributed by atoms with Crippen LogP contribution in [0.15, 0.2) is 70.7 Å². The van der Waals surface area contributed by atoms with Crippen LogP contribution in [0.3, 0.4) is 0 Å². The zero-order chi connectivity index (χ0) is 24.7. The Hall–Kier alpha value is -4.16. The second-order valence-electron chi connectivity index (χ2n) is 7.17. The third-order valence-corrected chi connectivity index (χ3v) is 5.40. The number of hydrogen-bond donors (Lipinski definition) is 1. The van der Waals surface area contributed by atoms with Gasteiger partial charge in [-0.2, -0.15) is 5.26 Å². The van der Waals surface area contributed by atoms with E-state index in [0.29, 0.717) is 22.6 Å². The zero-order valence-corrected chi connectivity index (χ0v) is 20.0. The van der Waals surface area contributed by atoms with Crippen LogP contribution in [0.5, 0.6) is 11.5 Å². The number of nitrogens with zero attached hydrogens (tertiary/aromatic N) is 2. The first-order chi connectivity index (χ1) is 16.3. The number of para-hydroxylation sites is 1. The number of nitro groups is 1. The van der Waals surface area contributed by atoms with Crippen molar-refractivity contribution in [3.05, 3.63) is 97.5 Å². The quantitative estimate of drug-likeness (QED) is 0.173. The van der Waals surface area contributed by atoms with Crippen LogP contribution in [0.25, 0.3) is 6.08 Å². The van der Waals surface area contributed by atoms with Crippen LogP contribution in [0.1, 0.15) is 16.7 Å². The molecule has 3 rings (SSSR count). The van der Waals surface area contributed by atoms with Crippen molar-refractivity contribution in [1.82, 2.24) is 0 Å². The molecule has 0 aliphatic carbocycles. The van der Waals surface area contributed by atoms with Crippen molar-refractivity contribution >= 4 is 39.3 Å². The second kappa shape index (κ2) is 11.1. The summed E-state index contributed by atoms with van der Waals surface area (Å²) in [6, 6.07) is 18.7. The number of non-ortho nitro benzene ring substituents is 1. The SMILES string of the molecule is COc1cccc(/C=C(\C#N)C(=O)Nc2cc([N+](=O)[O-])ccc2C)c1OCc1ccc(Br)cc1. The van der Waals surface area contributed by atoms with Gasteiger partial charge in [0.05, 0.1) is 17.7 Å². The predicted molar refractivity (Wildman–Crippen MR) is 132 cm³/mol. The van der Waals surface area contributed by atoms with Gasteiger partial charge in [-0.15, -0.1) is 0 Å². The fourth-order valence-corrected chi connectivity index (χ4v) is 3.31. The molecular weight excluding hydrogens is 502 g/mol. The highest BCUT2D eigenvalue weighted by Gasteiger charge is 2.16. The van der Waals surface area contributed by atoms with Crippen molar-refractivity contribution in [2.75, 3.05) is 12.4 Å². The van der Waals surface area contributed by atoms with Gasteiger partial charge in [-0.3, -0.25) is 14.9 Å². The molecule has 0 aliphatic heterocycles. The second-order valence-corrected chi connectivity index (χ2v) is 8.09. The number of nitriles is 1. The number of ether oxygens (including phenoxy) is 2. The van der Waals surface area contributed by atoms with Gasteiger partial charge in [-0.25, -0.2) is 0 Å². The molecule has 0 unspecified atom stereocenters. The summed E-state index contributed by atoms with van der Waals surface area (Å²) in [7, 11) is 1.50. The summed E-state index contributed by atoms with van der Waals surface area (Å²) >= 11 is 3.39. The number of nitro benzene ring substituents is 1. The lowest BCUT2D eigenvalue weighted by atomic mass is 10.1. The first kappa shape index (κ1) is 24.5. The Balaban J connectivity index is 1.90. The molecule has 1 amide bonds. The normalized spacial score (nSPS) is 10.8. The molecule has 0 fully saturated rings. The number of anilines is 1. The average Bonchev–Trinajstić information content (AvgIpc) is 2.83. The number of carbonyl (C=O) groups excluding carboxylic acids is 1. The monoisotopic (exact) mass is 521 g/mol. The summed E-state index contributed by atoms with van der Waals surface area (Å²) in [5.74, 6) is 0.117. The van der Waals surface area contributed by atoms with Crippen LogP contribution < -0.4 is 14.8 Å². The zero-order valence-electron chi connectivity index (χ0n) is 18.4. The molecule has 0 saturated heterocycles. The molecule has 8 nitrogen and oxygen atoms in total. The van der Waals surface area contributed by atoms with E-state index in [4.69, 9.17) is 9.47 Å². The van der Waals surface area contributed by atoms with Crippen molar-refractivity contribution in [3.8, 4) is 17.6 Å². The Kier molecular flexibility index (Phi) is 8.01. The highest BCUT2D eigenvalue weighted by molar-refractivity contribution is 9.10. The molecule has 3 aromatic rings. The molecule has 0 aromatic heterocycles. The largest absolute Gasteiger partial charge is 0.493 e. The molecular formula is C25H20BrN3O5. The first-order valence-corrected chi connectivity index (χ1v) is 10.8. The lowest BCUT2D eigenvalue weighted by Gasteiger charge is -2.14. The number of methoxy groups -OCH3 is 1. The van der Waals surface area contributed by atoms with Crippen molar-refractivity contribution < 1.29 is 19.2 Å². The standard InChI is InChI=1S/C25H20BrN3O5/c1-16-6-11-21(29(31)32)13-22(16)28-25(30)19(14-27)12-18-4-3-5-23(33-2)24(18)34-15-17-7-9-20(26)10-8-17/h3-13H,15H2,1-2H3,(H,28,30)/b19-12+. The summed E-state index contributed by atoms with van der Waals surface area (Å²) in [5.41, 5.74) is 1.89. The van der Waals surface area contributed by atoms with Gasteiger partial charge >= 0.3 is 0 Å². The number of rotatable bonds is 8. The molecule has 172 valence electrons. The summed E-state index contributed by atoms with van der Waals surface area (Å²) in [6.45, 7) is 1.95. The molecule has 0 bridgehead atoms. The minimum absolute atomic E-state index is 0.167. The van der Waals surface area contributed by atoms with E-state index in [-0.39, 0.29) is 23.6 Å². The van der Waals surface area contributed by atoms with Crippen LogP contribution in [0, 0.1) is 28.4 Å². The Morgan fingerprint density at radius 2 is 1.94 bits per heavy atom. The van der Waals surface area contributed by atoms with E-state index >= 15 is 0 Å². The molecule has 0 atom stereocenters. The average molecular weight is 522 g/mol. The lowest BCUT2D eigenvalue weighted by molar-refractivity contribution is -0.384. The van der Waals surface area contributed by atoms with E-state index in [1.807, 2.05) is 30.3 Å². The maximum Gasteiger partial charge on any atom is 0.271 e. The van der Waals surface area contributed by atoms with Crippen LogP contribution in [-0.2, 0) is 11.4 Å². The van der Waals surface area contributed by atoms with Gasteiger partial charge in [-0.1, -0.05) is 46.3 Å². The molecule has 0 spiro atoms. The van der Waals surface area contributed by atoms with Crippen molar-refractivity contribution in [2.24, 2.45) is 0 Å². The lowest BCUT2D eigenvalue weighted by Crippen LogP contribution is -2.14. The molecule has 34 heavy (non-hydrogen) atoms. The van der Waals surface area contributed by atoms with E-state index in [1.165, 1.54) is 31.4 Å². The number of nitrogens with one attached hydrogen (secondary N) is 1. The Bertz CT molecular complexity index is 1300. The van der Waals surface area contributed by atoms with E-state index in [1.54, 1.807) is 25.1 Å². The van der Waals surface area contributed by atoms with Gasteiger partial charge in [0.1, 0.15) is 18.2 Å². The highest BCUT2D eigenvalue weighted by Crippen LogP contribution is 2.33. The fourth-order valence-electron chi connectivity index (χ4n) is 3.05. The molecule has 0 aliphatic rings. The summed E-state index contributed by atoms with van der Waals surface area (Å²) in [6.07, 6.45) is 1.39. The summed E-state index contributed by atoms with van der Waals surface area (Å²) in [4.78, 5) is 23.3. The van der Waals surface area contributed by atoms with E-state index in [2.05, 4.69) is 21.2 Å². The molecule has 3 aromatic carbocycles. The van der Waals surface area contributed by atoms with Gasteiger partial charge in [0.2, 0.25) is 0 Å². The van der Waals surface area contributed by atoms with Gasteiger partial charge in [-0.05, 0) is 42.3 Å². The van der Waals surface area contributed by atoms with Crippen LogP contribution in [0.2, 0.25) is 0 Å². The van der Waals surface area contributed by atoms with E-state index in [0.717, 1.165) is 10.0 Å². The third-order valence-electron chi connectivity index (χ3n) is 4.87. The number of hydrogen-bond acceptors (Lipinski definition) is 6. The Morgan fingerprint density at radius 1 is 1.21 bits per heavy atom. The van der Waals surface area contributed by atoms with Gasteiger partial charge < -0.3 is 14.8 Å². The van der Waals surface area contributed by atoms with Crippen LogP contribution in [0.4, 0.5) is 11.4 Å². The molecule has 0 heterocycles. The first-order valence-electron chi connectivity index (χ1n) is 10.0. The van der Waals surface area contributed by atoms with Crippen LogP contribution in [-0.4, -0.2) is 17.9 Å². The molecule has 0 saturated carbocycles. The minimum Gasteiger partial charge on any atom is -0.493 e. The number of carbonyl (C=O) groups is 1. The summed E-state index contributed by atoms with van der Waals surface area (Å²) < 4.78 is 12.3. The number of halogens is 1. The predicted octanol–water partition coefficient (Wildman–Crippen LogP) is 5.80. The fraction of sp³-hybridized carbons (Fsp3) is 0.120. The van der Waals surface area contributed by atoms with Crippen molar-refractivity contribution in [1.29, 1.82) is 5.26 Å². The minimum atomic E-state index is -0.701. The highest BCUT2D eigenvalue weighted by atomic mass is 79.9. The van der Waals surface area contributed by atoms with E-state index in [9.17, 15) is 20.2 Å². The van der Waals surface area contributed by atoms with Crippen molar-refractivity contribution in [3.63, 3.8) is 0 Å². The number of amides is 1. The topological polar surface area (TPSA) is 114 Å². The molecule has 0 radical (unpaired) electrons. The number of aryl methyl sites for hydroxylation is 1. The van der Waals surface area contributed by atoms with Crippen LogP contribution >= 0.6 is 15.9 Å².